The second-order valence-electron chi connectivity index (χ2n) is 4.65. The van der Waals surface area contributed by atoms with Gasteiger partial charge in [0.1, 0.15) is 12.1 Å². The standard InChI is InChI=1S/C7H13NO4.C5H11Cl/c1-7(2,3)12-6(11)8-4-5(9)10;1-2-3-4-5-6/h4H2,1-3H3,(H,8,11)(H,9,10);2-5H2,1H3. The molecule has 6 heteroatoms. The van der Waals surface area contributed by atoms with Crippen LogP contribution in [0, 0.1) is 0 Å². The van der Waals surface area contributed by atoms with E-state index in [-0.39, 0.29) is 0 Å². The highest BCUT2D eigenvalue weighted by molar-refractivity contribution is 6.17. The van der Waals surface area contributed by atoms with Crippen LogP contribution in [0.3, 0.4) is 0 Å². The average Bonchev–Trinajstić information content (AvgIpc) is 2.22. The number of carboxylic acids is 1. The molecule has 0 aromatic carbocycles. The molecule has 1 amide bonds. The first-order valence-corrected chi connectivity index (χ1v) is 6.51. The maximum absolute atomic E-state index is 10.8. The highest BCUT2D eigenvalue weighted by Crippen LogP contribution is 2.05. The van der Waals surface area contributed by atoms with E-state index in [0.717, 1.165) is 5.88 Å². The minimum atomic E-state index is -1.10. The van der Waals surface area contributed by atoms with E-state index in [1.165, 1.54) is 19.3 Å². The molecule has 5 nitrogen and oxygen atoms in total. The molecule has 0 heterocycles. The van der Waals surface area contributed by atoms with Crippen molar-refractivity contribution in [3.05, 3.63) is 0 Å². The van der Waals surface area contributed by atoms with Crippen molar-refractivity contribution < 1.29 is 19.4 Å². The molecule has 0 radical (unpaired) electrons. The van der Waals surface area contributed by atoms with E-state index in [2.05, 4.69) is 12.2 Å². The van der Waals surface area contributed by atoms with Gasteiger partial charge in [-0.1, -0.05) is 19.8 Å². The Kier molecular flexibility index (Phi) is 12.0. The normalized spacial score (nSPS) is 10.1. The number of carbonyl (C=O) groups excluding carboxylic acids is 1. The predicted octanol–water partition coefficient (Wildman–Crippen LogP) is 3.01. The fraction of sp³-hybridized carbons (Fsp3) is 0.833. The molecule has 0 aliphatic rings. The van der Waals surface area contributed by atoms with Crippen LogP contribution < -0.4 is 5.32 Å². The van der Waals surface area contributed by atoms with Crippen molar-refractivity contribution in [2.45, 2.75) is 52.6 Å². The van der Waals surface area contributed by atoms with Gasteiger partial charge in [0.2, 0.25) is 0 Å². The largest absolute Gasteiger partial charge is 0.480 e. The van der Waals surface area contributed by atoms with Crippen molar-refractivity contribution in [2.24, 2.45) is 0 Å². The molecule has 2 N–H and O–H groups in total. The lowest BCUT2D eigenvalue weighted by Gasteiger charge is -2.19. The number of amides is 1. The maximum Gasteiger partial charge on any atom is 0.408 e. The van der Waals surface area contributed by atoms with Crippen LogP contribution in [0.4, 0.5) is 4.79 Å². The maximum atomic E-state index is 10.8. The van der Waals surface area contributed by atoms with Crippen LogP contribution in [0.1, 0.15) is 47.0 Å². The Morgan fingerprint density at radius 3 is 2.11 bits per heavy atom. The van der Waals surface area contributed by atoms with Gasteiger partial charge in [-0.2, -0.15) is 0 Å². The molecule has 0 aliphatic carbocycles. The van der Waals surface area contributed by atoms with E-state index in [9.17, 15) is 9.59 Å². The summed E-state index contributed by atoms with van der Waals surface area (Å²) in [5.41, 5.74) is -0.595. The van der Waals surface area contributed by atoms with Gasteiger partial charge in [0.05, 0.1) is 0 Å². The molecule has 0 fully saturated rings. The number of carbonyl (C=O) groups is 2. The Bertz CT molecular complexity index is 235. The predicted molar refractivity (Wildman–Crippen MR) is 72.1 cm³/mol. The Morgan fingerprint density at radius 1 is 1.28 bits per heavy atom. The molecule has 0 unspecified atom stereocenters. The summed E-state index contributed by atoms with van der Waals surface area (Å²) in [6.07, 6.45) is 3.01. The SMILES string of the molecule is CC(C)(C)OC(=O)NCC(=O)O.CCCCCCl. The molecular formula is C12H24ClNO4. The highest BCUT2D eigenvalue weighted by Gasteiger charge is 2.15. The Balaban J connectivity index is 0. The van der Waals surface area contributed by atoms with Crippen LogP contribution in [0.25, 0.3) is 0 Å². The highest BCUT2D eigenvalue weighted by atomic mass is 35.5. The van der Waals surface area contributed by atoms with E-state index in [1.807, 2.05) is 0 Å². The zero-order valence-electron chi connectivity index (χ0n) is 11.6. The lowest BCUT2D eigenvalue weighted by molar-refractivity contribution is -0.136. The number of aliphatic carboxylic acids is 1. The number of hydrogen-bond acceptors (Lipinski definition) is 3. The number of rotatable bonds is 5. The van der Waals surface area contributed by atoms with Crippen LogP contribution in [-0.2, 0) is 9.53 Å². The monoisotopic (exact) mass is 281 g/mol. The molecule has 0 atom stereocenters. The number of alkyl halides is 1. The molecular weight excluding hydrogens is 258 g/mol. The first-order valence-electron chi connectivity index (χ1n) is 5.97. The topological polar surface area (TPSA) is 75.6 Å². The zero-order valence-corrected chi connectivity index (χ0v) is 12.3. The van der Waals surface area contributed by atoms with Gasteiger partial charge < -0.3 is 15.2 Å². The summed E-state index contributed by atoms with van der Waals surface area (Å²) in [5.74, 6) is -0.269. The van der Waals surface area contributed by atoms with E-state index in [1.54, 1.807) is 20.8 Å². The van der Waals surface area contributed by atoms with Gasteiger partial charge in [-0.15, -0.1) is 11.6 Å². The van der Waals surface area contributed by atoms with Gasteiger partial charge in [-0.3, -0.25) is 4.79 Å². The summed E-state index contributed by atoms with van der Waals surface area (Å²) in [5, 5.41) is 10.3. The first-order chi connectivity index (χ1) is 8.22. The first kappa shape index (κ1) is 19.4. The van der Waals surface area contributed by atoms with Crippen LogP contribution in [-0.4, -0.2) is 35.2 Å². The van der Waals surface area contributed by atoms with Crippen molar-refractivity contribution in [3.63, 3.8) is 0 Å². The van der Waals surface area contributed by atoms with E-state index >= 15 is 0 Å². The molecule has 0 saturated heterocycles. The number of hydrogen-bond donors (Lipinski definition) is 2. The second-order valence-corrected chi connectivity index (χ2v) is 5.02. The zero-order chi connectivity index (χ0) is 14.6. The molecule has 0 aromatic rings. The van der Waals surface area contributed by atoms with Crippen LogP contribution >= 0.6 is 11.6 Å². The summed E-state index contributed by atoms with van der Waals surface area (Å²) in [7, 11) is 0. The lowest BCUT2D eigenvalue weighted by Crippen LogP contribution is -2.35. The number of alkyl carbamates (subject to hydrolysis) is 1. The minimum absolute atomic E-state index is 0.422. The number of halogens is 1. The summed E-state index contributed by atoms with van der Waals surface area (Å²) >= 11 is 5.38. The molecule has 108 valence electrons. The Labute approximate surface area is 114 Å². The second kappa shape index (κ2) is 11.1. The third-order valence-electron chi connectivity index (χ3n) is 1.52. The van der Waals surface area contributed by atoms with Gasteiger partial charge in [0.25, 0.3) is 0 Å². The molecule has 0 rings (SSSR count). The lowest BCUT2D eigenvalue weighted by atomic mass is 10.2. The van der Waals surface area contributed by atoms with Gasteiger partial charge in [0.15, 0.2) is 0 Å². The van der Waals surface area contributed by atoms with E-state index in [0.29, 0.717) is 0 Å². The summed E-state index contributed by atoms with van der Waals surface area (Å²) in [6.45, 7) is 6.86. The third kappa shape index (κ3) is 20.4. The van der Waals surface area contributed by atoms with E-state index < -0.39 is 24.2 Å². The van der Waals surface area contributed by atoms with Gasteiger partial charge in [-0.05, 0) is 27.2 Å². The molecule has 0 saturated carbocycles. The summed E-state index contributed by atoms with van der Waals surface area (Å²) in [4.78, 5) is 20.8. The number of ether oxygens (including phenoxy) is 1. The van der Waals surface area contributed by atoms with Crippen LogP contribution in [0.15, 0.2) is 0 Å². The molecule has 18 heavy (non-hydrogen) atoms. The average molecular weight is 282 g/mol. The molecule has 0 aliphatic heterocycles. The minimum Gasteiger partial charge on any atom is -0.480 e. The van der Waals surface area contributed by atoms with Gasteiger partial charge in [-0.25, -0.2) is 4.79 Å². The van der Waals surface area contributed by atoms with Crippen molar-refractivity contribution in [2.75, 3.05) is 12.4 Å². The van der Waals surface area contributed by atoms with Crippen molar-refractivity contribution in [3.8, 4) is 0 Å². The molecule has 0 bridgehead atoms. The van der Waals surface area contributed by atoms with Crippen molar-refractivity contribution >= 4 is 23.7 Å². The van der Waals surface area contributed by atoms with Crippen molar-refractivity contribution in [1.82, 2.24) is 5.32 Å². The smallest absolute Gasteiger partial charge is 0.408 e. The number of carboxylic acid groups (broad SMARTS) is 1. The van der Waals surface area contributed by atoms with Gasteiger partial charge in [0, 0.05) is 5.88 Å². The number of unbranched alkanes of at least 4 members (excludes halogenated alkanes) is 2. The van der Waals surface area contributed by atoms with E-state index in [4.69, 9.17) is 21.4 Å². The van der Waals surface area contributed by atoms with Crippen molar-refractivity contribution in [1.29, 1.82) is 0 Å². The fourth-order valence-corrected chi connectivity index (χ4v) is 0.995. The molecule has 0 aromatic heterocycles. The Morgan fingerprint density at radius 2 is 1.83 bits per heavy atom. The van der Waals surface area contributed by atoms with Crippen LogP contribution in [0.2, 0.25) is 0 Å². The summed E-state index contributed by atoms with van der Waals surface area (Å²) in [6, 6.07) is 0. The Hall–Kier alpha value is -0.970. The molecule has 0 spiro atoms. The number of nitrogens with one attached hydrogen (secondary N) is 1. The quantitative estimate of drug-likeness (QED) is 0.600. The van der Waals surface area contributed by atoms with Crippen LogP contribution in [0.5, 0.6) is 0 Å². The summed E-state index contributed by atoms with van der Waals surface area (Å²) < 4.78 is 4.77. The third-order valence-corrected chi connectivity index (χ3v) is 1.79. The van der Waals surface area contributed by atoms with Gasteiger partial charge >= 0.3 is 12.1 Å². The fourth-order valence-electron chi connectivity index (χ4n) is 0.806.